The van der Waals surface area contributed by atoms with E-state index in [1.807, 2.05) is 41.9 Å². The van der Waals surface area contributed by atoms with Gasteiger partial charge in [-0.2, -0.15) is 0 Å². The van der Waals surface area contributed by atoms with Crippen LogP contribution in [-0.2, 0) is 7.05 Å². The molecule has 5 nitrogen and oxygen atoms in total. The van der Waals surface area contributed by atoms with Gasteiger partial charge in [-0.05, 0) is 12.1 Å². The zero-order chi connectivity index (χ0) is 12.5. The molecule has 0 aliphatic heterocycles. The van der Waals surface area contributed by atoms with E-state index in [4.69, 9.17) is 10.3 Å². The van der Waals surface area contributed by atoms with Crippen molar-refractivity contribution >= 4 is 11.0 Å². The third kappa shape index (κ3) is 1.70. The van der Waals surface area contributed by atoms with Crippen LogP contribution in [0.5, 0.6) is 0 Å². The smallest absolute Gasteiger partial charge is 0.134 e. The number of rotatable bonds is 3. The van der Waals surface area contributed by atoms with Crippen LogP contribution in [-0.4, -0.2) is 9.55 Å². The van der Waals surface area contributed by atoms with Crippen molar-refractivity contribution in [1.29, 1.82) is 0 Å². The Balaban J connectivity index is 2.09. The molecule has 0 fully saturated rings. The SMILES string of the molecule is Cn1cncc1C(NN)c1cc2ccccc2o1. The number of imidazole rings is 1. The van der Waals surface area contributed by atoms with E-state index in [2.05, 4.69) is 10.4 Å². The van der Waals surface area contributed by atoms with E-state index < -0.39 is 0 Å². The molecule has 0 amide bonds. The molecular weight excluding hydrogens is 228 g/mol. The third-order valence-corrected chi connectivity index (χ3v) is 3.05. The van der Waals surface area contributed by atoms with Gasteiger partial charge in [0.1, 0.15) is 17.4 Å². The molecule has 2 aromatic heterocycles. The number of hydrazine groups is 1. The Morgan fingerprint density at radius 3 is 2.89 bits per heavy atom. The fourth-order valence-electron chi connectivity index (χ4n) is 2.10. The van der Waals surface area contributed by atoms with Crippen LogP contribution in [0.4, 0.5) is 0 Å². The van der Waals surface area contributed by atoms with E-state index in [-0.39, 0.29) is 6.04 Å². The van der Waals surface area contributed by atoms with E-state index in [9.17, 15) is 0 Å². The van der Waals surface area contributed by atoms with Crippen molar-refractivity contribution in [2.24, 2.45) is 12.9 Å². The van der Waals surface area contributed by atoms with Crippen LogP contribution in [0.15, 0.2) is 47.3 Å². The number of hydrogen-bond donors (Lipinski definition) is 2. The van der Waals surface area contributed by atoms with E-state index in [1.54, 1.807) is 12.5 Å². The molecule has 2 heterocycles. The number of nitrogens with zero attached hydrogens (tertiary/aromatic N) is 2. The average Bonchev–Trinajstić information content (AvgIpc) is 2.97. The predicted molar refractivity (Wildman–Crippen MR) is 68.6 cm³/mol. The molecule has 3 aromatic rings. The Morgan fingerprint density at radius 2 is 2.22 bits per heavy atom. The summed E-state index contributed by atoms with van der Waals surface area (Å²) in [7, 11) is 1.93. The standard InChI is InChI=1S/C13H14N4O/c1-17-8-15-7-10(17)13(16-14)12-6-9-4-2-3-5-11(9)18-12/h2-8,13,16H,14H2,1H3. The highest BCUT2D eigenvalue weighted by Crippen LogP contribution is 2.27. The third-order valence-electron chi connectivity index (χ3n) is 3.05. The lowest BCUT2D eigenvalue weighted by molar-refractivity contribution is 0.464. The average molecular weight is 242 g/mol. The Labute approximate surface area is 104 Å². The number of para-hydroxylation sites is 1. The minimum absolute atomic E-state index is 0.204. The summed E-state index contributed by atoms with van der Waals surface area (Å²) >= 11 is 0. The minimum Gasteiger partial charge on any atom is -0.459 e. The number of nitrogens with two attached hydrogens (primary N) is 1. The molecule has 3 rings (SSSR count). The molecule has 0 saturated carbocycles. The zero-order valence-electron chi connectivity index (χ0n) is 10.00. The summed E-state index contributed by atoms with van der Waals surface area (Å²) in [6.07, 6.45) is 3.51. The van der Waals surface area contributed by atoms with Crippen molar-refractivity contribution in [1.82, 2.24) is 15.0 Å². The van der Waals surface area contributed by atoms with Crippen LogP contribution in [0.2, 0.25) is 0 Å². The molecule has 0 aliphatic rings. The monoisotopic (exact) mass is 242 g/mol. The summed E-state index contributed by atoms with van der Waals surface area (Å²) < 4.78 is 7.73. The number of nitrogens with one attached hydrogen (secondary N) is 1. The van der Waals surface area contributed by atoms with Gasteiger partial charge in [-0.3, -0.25) is 5.84 Å². The quantitative estimate of drug-likeness (QED) is 0.542. The van der Waals surface area contributed by atoms with Gasteiger partial charge in [-0.15, -0.1) is 0 Å². The topological polar surface area (TPSA) is 69.0 Å². The normalized spacial score (nSPS) is 13.0. The summed E-state index contributed by atoms with van der Waals surface area (Å²) in [6.45, 7) is 0. The number of benzene rings is 1. The van der Waals surface area contributed by atoms with Gasteiger partial charge in [-0.25, -0.2) is 10.4 Å². The maximum atomic E-state index is 5.82. The van der Waals surface area contributed by atoms with Crippen LogP contribution in [0.25, 0.3) is 11.0 Å². The fraction of sp³-hybridized carbons (Fsp3) is 0.154. The van der Waals surface area contributed by atoms with Gasteiger partial charge in [-0.1, -0.05) is 18.2 Å². The van der Waals surface area contributed by atoms with Crippen molar-refractivity contribution in [3.63, 3.8) is 0 Å². The van der Waals surface area contributed by atoms with Crippen LogP contribution in [0.1, 0.15) is 17.5 Å². The molecule has 0 spiro atoms. The maximum absolute atomic E-state index is 5.82. The lowest BCUT2D eigenvalue weighted by Gasteiger charge is -2.13. The number of hydrogen-bond acceptors (Lipinski definition) is 4. The molecule has 0 aliphatic carbocycles. The summed E-state index contributed by atoms with van der Waals surface area (Å²) in [4.78, 5) is 4.10. The Bertz CT molecular complexity index is 637. The Kier molecular flexibility index (Phi) is 2.62. The van der Waals surface area contributed by atoms with E-state index >= 15 is 0 Å². The Morgan fingerprint density at radius 1 is 1.39 bits per heavy atom. The zero-order valence-corrected chi connectivity index (χ0v) is 10.00. The first-order chi connectivity index (χ1) is 8.79. The first-order valence-corrected chi connectivity index (χ1v) is 5.70. The predicted octanol–water partition coefficient (Wildman–Crippen LogP) is 1.72. The lowest BCUT2D eigenvalue weighted by Crippen LogP contribution is -2.29. The molecule has 1 atom stereocenters. The van der Waals surface area contributed by atoms with Gasteiger partial charge in [0.15, 0.2) is 0 Å². The molecule has 0 radical (unpaired) electrons. The molecule has 1 aromatic carbocycles. The van der Waals surface area contributed by atoms with Gasteiger partial charge in [0.2, 0.25) is 0 Å². The molecule has 0 bridgehead atoms. The highest BCUT2D eigenvalue weighted by atomic mass is 16.3. The van der Waals surface area contributed by atoms with Crippen LogP contribution < -0.4 is 11.3 Å². The minimum atomic E-state index is -0.204. The van der Waals surface area contributed by atoms with Gasteiger partial charge >= 0.3 is 0 Å². The fourth-order valence-corrected chi connectivity index (χ4v) is 2.10. The number of aryl methyl sites for hydroxylation is 1. The largest absolute Gasteiger partial charge is 0.459 e. The number of aromatic nitrogens is 2. The number of fused-ring (bicyclic) bond motifs is 1. The van der Waals surface area contributed by atoms with Crippen molar-refractivity contribution in [3.8, 4) is 0 Å². The van der Waals surface area contributed by atoms with Gasteiger partial charge in [0, 0.05) is 12.4 Å². The van der Waals surface area contributed by atoms with Crippen molar-refractivity contribution in [2.75, 3.05) is 0 Å². The summed E-state index contributed by atoms with van der Waals surface area (Å²) in [5, 5.41) is 1.06. The first-order valence-electron chi connectivity index (χ1n) is 5.70. The van der Waals surface area contributed by atoms with Crippen LogP contribution in [0, 0.1) is 0 Å². The second kappa shape index (κ2) is 4.29. The van der Waals surface area contributed by atoms with Gasteiger partial charge in [0.25, 0.3) is 0 Å². The lowest BCUT2D eigenvalue weighted by atomic mass is 10.1. The summed E-state index contributed by atoms with van der Waals surface area (Å²) in [6, 6.07) is 9.67. The van der Waals surface area contributed by atoms with E-state index in [0.717, 1.165) is 22.4 Å². The molecule has 5 heteroatoms. The van der Waals surface area contributed by atoms with Crippen LogP contribution >= 0.6 is 0 Å². The van der Waals surface area contributed by atoms with Gasteiger partial charge in [0.05, 0.1) is 18.2 Å². The highest BCUT2D eigenvalue weighted by molar-refractivity contribution is 5.77. The van der Waals surface area contributed by atoms with Gasteiger partial charge < -0.3 is 8.98 Å². The molecule has 92 valence electrons. The molecule has 18 heavy (non-hydrogen) atoms. The second-order valence-electron chi connectivity index (χ2n) is 4.22. The molecular formula is C13H14N4O. The van der Waals surface area contributed by atoms with E-state index in [1.165, 1.54) is 0 Å². The van der Waals surface area contributed by atoms with E-state index in [0.29, 0.717) is 0 Å². The molecule has 1 unspecified atom stereocenters. The highest BCUT2D eigenvalue weighted by Gasteiger charge is 2.19. The summed E-state index contributed by atoms with van der Waals surface area (Å²) in [5.41, 5.74) is 4.58. The summed E-state index contributed by atoms with van der Waals surface area (Å²) in [5.74, 6) is 6.42. The maximum Gasteiger partial charge on any atom is 0.134 e. The van der Waals surface area contributed by atoms with Crippen molar-refractivity contribution < 1.29 is 4.42 Å². The molecule has 3 N–H and O–H groups in total. The number of furan rings is 1. The second-order valence-corrected chi connectivity index (χ2v) is 4.22. The Hall–Kier alpha value is -2.11. The van der Waals surface area contributed by atoms with Crippen molar-refractivity contribution in [3.05, 3.63) is 54.3 Å². The van der Waals surface area contributed by atoms with Crippen LogP contribution in [0.3, 0.4) is 0 Å². The van der Waals surface area contributed by atoms with Crippen molar-refractivity contribution in [2.45, 2.75) is 6.04 Å². The first kappa shape index (κ1) is 11.0. The molecule has 0 saturated heterocycles.